The first-order chi connectivity index (χ1) is 9.52. The maximum atomic E-state index is 4.63. The van der Waals surface area contributed by atoms with Gasteiger partial charge in [0.2, 0.25) is 0 Å². The van der Waals surface area contributed by atoms with E-state index >= 15 is 0 Å². The molecule has 0 fully saturated rings. The molecule has 0 bridgehead atoms. The molecule has 0 aliphatic carbocycles. The Morgan fingerprint density at radius 3 is 2.40 bits per heavy atom. The molecule has 0 saturated heterocycles. The van der Waals surface area contributed by atoms with Gasteiger partial charge in [0.1, 0.15) is 11.6 Å². The quantitative estimate of drug-likeness (QED) is 0.904. The van der Waals surface area contributed by atoms with Crippen LogP contribution in [0.4, 0.5) is 5.82 Å². The van der Waals surface area contributed by atoms with Gasteiger partial charge in [-0.3, -0.25) is 0 Å². The Morgan fingerprint density at radius 1 is 1.00 bits per heavy atom. The lowest BCUT2D eigenvalue weighted by Gasteiger charge is -2.13. The Morgan fingerprint density at radius 2 is 1.75 bits per heavy atom. The molecule has 20 heavy (non-hydrogen) atoms. The van der Waals surface area contributed by atoms with Crippen LogP contribution in [0.2, 0.25) is 0 Å². The molecule has 1 aromatic heterocycles. The summed E-state index contributed by atoms with van der Waals surface area (Å²) in [5.41, 5.74) is 5.91. The molecule has 3 heteroatoms. The van der Waals surface area contributed by atoms with Gasteiger partial charge >= 0.3 is 0 Å². The van der Waals surface area contributed by atoms with E-state index in [1.807, 2.05) is 6.92 Å². The summed E-state index contributed by atoms with van der Waals surface area (Å²) < 4.78 is 0. The number of benzene rings is 1. The first kappa shape index (κ1) is 14.5. The van der Waals surface area contributed by atoms with Gasteiger partial charge in [-0.2, -0.15) is 0 Å². The van der Waals surface area contributed by atoms with Crippen molar-refractivity contribution in [1.29, 1.82) is 0 Å². The van der Waals surface area contributed by atoms with Crippen molar-refractivity contribution in [3.05, 3.63) is 40.7 Å². The molecule has 3 nitrogen and oxygen atoms in total. The zero-order chi connectivity index (χ0) is 14.7. The summed E-state index contributed by atoms with van der Waals surface area (Å²) in [5.74, 6) is 1.76. The predicted octanol–water partition coefficient (Wildman–Crippen LogP) is 4.20. The summed E-state index contributed by atoms with van der Waals surface area (Å²) in [6.45, 7) is 11.4. The molecule has 0 saturated carbocycles. The van der Waals surface area contributed by atoms with E-state index < -0.39 is 0 Å². The minimum Gasteiger partial charge on any atom is -0.370 e. The van der Waals surface area contributed by atoms with Crippen LogP contribution in [0.15, 0.2) is 18.2 Å². The maximum Gasteiger partial charge on any atom is 0.133 e. The van der Waals surface area contributed by atoms with Crippen molar-refractivity contribution in [2.24, 2.45) is 0 Å². The van der Waals surface area contributed by atoms with E-state index in [1.165, 1.54) is 11.1 Å². The first-order valence-electron chi connectivity index (χ1n) is 7.19. The Bertz CT molecular complexity index is 618. The van der Waals surface area contributed by atoms with Crippen LogP contribution >= 0.6 is 0 Å². The lowest BCUT2D eigenvalue weighted by molar-refractivity contribution is 0.948. The molecule has 106 valence electrons. The van der Waals surface area contributed by atoms with Gasteiger partial charge in [0, 0.05) is 17.7 Å². The molecular weight excluding hydrogens is 246 g/mol. The minimum absolute atomic E-state index is 0.808. The zero-order valence-corrected chi connectivity index (χ0v) is 13.0. The predicted molar refractivity (Wildman–Crippen MR) is 85.2 cm³/mol. The molecule has 0 unspecified atom stereocenters. The van der Waals surface area contributed by atoms with Gasteiger partial charge < -0.3 is 5.32 Å². The zero-order valence-electron chi connectivity index (χ0n) is 13.0. The Kier molecular flexibility index (Phi) is 4.38. The second-order valence-electron chi connectivity index (χ2n) is 5.32. The van der Waals surface area contributed by atoms with Gasteiger partial charge in [0.25, 0.3) is 0 Å². The molecule has 2 aromatic rings. The Hall–Kier alpha value is -1.90. The van der Waals surface area contributed by atoms with Crippen LogP contribution in [0.5, 0.6) is 0 Å². The van der Waals surface area contributed by atoms with Crippen molar-refractivity contribution in [3.63, 3.8) is 0 Å². The van der Waals surface area contributed by atoms with Gasteiger partial charge in [0.05, 0.1) is 5.69 Å². The van der Waals surface area contributed by atoms with Gasteiger partial charge in [0.15, 0.2) is 0 Å². The minimum atomic E-state index is 0.808. The van der Waals surface area contributed by atoms with Crippen LogP contribution in [-0.4, -0.2) is 16.5 Å². The van der Waals surface area contributed by atoms with Crippen molar-refractivity contribution in [2.75, 3.05) is 11.9 Å². The van der Waals surface area contributed by atoms with E-state index in [-0.39, 0.29) is 0 Å². The third kappa shape index (κ3) is 2.98. The first-order valence-corrected chi connectivity index (χ1v) is 7.19. The van der Waals surface area contributed by atoms with E-state index in [0.29, 0.717) is 0 Å². The van der Waals surface area contributed by atoms with E-state index in [9.17, 15) is 0 Å². The third-order valence-electron chi connectivity index (χ3n) is 3.58. The fourth-order valence-corrected chi connectivity index (χ4v) is 2.21. The van der Waals surface area contributed by atoms with Gasteiger partial charge in [-0.1, -0.05) is 19.1 Å². The Balaban J connectivity index is 2.50. The molecule has 0 aliphatic rings. The van der Waals surface area contributed by atoms with E-state index in [0.717, 1.165) is 41.4 Å². The highest BCUT2D eigenvalue weighted by atomic mass is 15.0. The molecular formula is C17H23N3. The smallest absolute Gasteiger partial charge is 0.133 e. The molecule has 0 atom stereocenters. The molecule has 0 aliphatic heterocycles. The largest absolute Gasteiger partial charge is 0.370 e. The highest BCUT2D eigenvalue weighted by Gasteiger charge is 2.11. The van der Waals surface area contributed by atoms with Gasteiger partial charge in [-0.05, 0) is 51.3 Å². The molecule has 0 radical (unpaired) electrons. The van der Waals surface area contributed by atoms with Crippen LogP contribution in [-0.2, 0) is 0 Å². The molecule has 0 spiro atoms. The third-order valence-corrected chi connectivity index (χ3v) is 3.58. The second kappa shape index (κ2) is 6.04. The fraction of sp³-hybridized carbons (Fsp3) is 0.412. The van der Waals surface area contributed by atoms with E-state index in [4.69, 9.17) is 0 Å². The van der Waals surface area contributed by atoms with Gasteiger partial charge in [-0.25, -0.2) is 9.97 Å². The summed E-state index contributed by atoms with van der Waals surface area (Å²) in [5, 5.41) is 3.39. The van der Waals surface area contributed by atoms with Crippen LogP contribution in [0.1, 0.15) is 35.9 Å². The molecule has 1 N–H and O–H groups in total. The average molecular weight is 269 g/mol. The lowest BCUT2D eigenvalue weighted by Crippen LogP contribution is -2.07. The monoisotopic (exact) mass is 269 g/mol. The molecule has 1 heterocycles. The average Bonchev–Trinajstić information content (AvgIpc) is 2.42. The number of hydrogen-bond acceptors (Lipinski definition) is 3. The number of hydrogen-bond donors (Lipinski definition) is 1. The Labute approximate surface area is 121 Å². The van der Waals surface area contributed by atoms with Crippen molar-refractivity contribution >= 4 is 5.82 Å². The number of aryl methyl sites for hydroxylation is 3. The summed E-state index contributed by atoms with van der Waals surface area (Å²) >= 11 is 0. The van der Waals surface area contributed by atoms with Crippen LogP contribution in [0.3, 0.4) is 0 Å². The van der Waals surface area contributed by atoms with Crippen LogP contribution in [0.25, 0.3) is 11.3 Å². The van der Waals surface area contributed by atoms with Crippen molar-refractivity contribution in [1.82, 2.24) is 9.97 Å². The number of rotatable bonds is 4. The van der Waals surface area contributed by atoms with E-state index in [1.54, 1.807) is 0 Å². The number of anilines is 1. The summed E-state index contributed by atoms with van der Waals surface area (Å²) in [6.07, 6.45) is 1.08. The van der Waals surface area contributed by atoms with Crippen LogP contribution in [0, 0.1) is 27.7 Å². The highest BCUT2D eigenvalue weighted by molar-refractivity contribution is 5.69. The van der Waals surface area contributed by atoms with Crippen LogP contribution < -0.4 is 5.32 Å². The molecule has 2 rings (SSSR count). The van der Waals surface area contributed by atoms with E-state index in [2.05, 4.69) is 61.2 Å². The number of nitrogens with one attached hydrogen (secondary N) is 1. The summed E-state index contributed by atoms with van der Waals surface area (Å²) in [6, 6.07) is 6.50. The maximum absolute atomic E-state index is 4.63. The topological polar surface area (TPSA) is 37.8 Å². The molecule has 1 aromatic carbocycles. The van der Waals surface area contributed by atoms with Crippen molar-refractivity contribution < 1.29 is 0 Å². The van der Waals surface area contributed by atoms with Crippen molar-refractivity contribution in [2.45, 2.75) is 41.0 Å². The lowest BCUT2D eigenvalue weighted by atomic mass is 10.0. The highest BCUT2D eigenvalue weighted by Crippen LogP contribution is 2.27. The van der Waals surface area contributed by atoms with Gasteiger partial charge in [-0.15, -0.1) is 0 Å². The van der Waals surface area contributed by atoms with Crippen molar-refractivity contribution in [3.8, 4) is 11.3 Å². The number of nitrogens with zero attached hydrogens (tertiary/aromatic N) is 2. The normalized spacial score (nSPS) is 10.7. The summed E-state index contributed by atoms with van der Waals surface area (Å²) in [4.78, 5) is 9.15. The standard InChI is InChI=1S/C17H23N3/c1-6-9-18-17-13(4)16(19-14(5)20-17)15-8-7-11(2)12(3)10-15/h7-8,10H,6,9H2,1-5H3,(H,18,19,20). The molecule has 0 amide bonds. The number of aromatic nitrogens is 2. The second-order valence-corrected chi connectivity index (χ2v) is 5.32. The SMILES string of the molecule is CCCNc1nc(C)nc(-c2ccc(C)c(C)c2)c1C. The summed E-state index contributed by atoms with van der Waals surface area (Å²) in [7, 11) is 0. The fourth-order valence-electron chi connectivity index (χ4n) is 2.21.